The van der Waals surface area contributed by atoms with Crippen molar-refractivity contribution in [1.29, 1.82) is 0 Å². The van der Waals surface area contributed by atoms with E-state index >= 15 is 0 Å². The predicted molar refractivity (Wildman–Crippen MR) is 107 cm³/mol. The molecular formula is C21H20F2N6O. The number of rotatable bonds is 8. The Morgan fingerprint density at radius 1 is 1.10 bits per heavy atom. The highest BCUT2D eigenvalue weighted by Crippen LogP contribution is 2.32. The van der Waals surface area contributed by atoms with E-state index in [4.69, 9.17) is 0 Å². The average molecular weight is 410 g/mol. The molecule has 7 nitrogen and oxygen atoms in total. The summed E-state index contributed by atoms with van der Waals surface area (Å²) in [5, 5.41) is 14.5. The van der Waals surface area contributed by atoms with Gasteiger partial charge in [-0.3, -0.25) is 4.79 Å². The molecule has 2 aromatic carbocycles. The molecule has 0 fully saturated rings. The van der Waals surface area contributed by atoms with Gasteiger partial charge in [0.25, 0.3) is 0 Å². The third-order valence-corrected chi connectivity index (χ3v) is 4.88. The highest BCUT2D eigenvalue weighted by molar-refractivity contribution is 5.91. The fraction of sp³-hybridized carbons (Fsp3) is 0.238. The molecule has 0 saturated heterocycles. The number of aryl methyl sites for hydroxylation is 2. The molecule has 0 unspecified atom stereocenters. The molecule has 4 aromatic rings. The van der Waals surface area contributed by atoms with Gasteiger partial charge in [-0.1, -0.05) is 0 Å². The van der Waals surface area contributed by atoms with Crippen molar-refractivity contribution < 1.29 is 13.6 Å². The number of hydrogen-bond donors (Lipinski definition) is 2. The van der Waals surface area contributed by atoms with Crippen LogP contribution in [0.25, 0.3) is 22.2 Å². The molecule has 30 heavy (non-hydrogen) atoms. The monoisotopic (exact) mass is 410 g/mol. The van der Waals surface area contributed by atoms with Crippen molar-refractivity contribution >= 4 is 16.8 Å². The SMILES string of the molecule is O=C(CCc1c(-c2ccc(F)cc2)[nH]c2ccc(F)cc12)NCCCn1cnnn1. The number of amides is 1. The lowest BCUT2D eigenvalue weighted by Crippen LogP contribution is -2.25. The first-order valence-corrected chi connectivity index (χ1v) is 9.63. The normalized spacial score (nSPS) is 11.1. The molecule has 0 aliphatic carbocycles. The minimum atomic E-state index is -0.347. The molecule has 0 atom stereocenters. The van der Waals surface area contributed by atoms with E-state index in [1.165, 1.54) is 30.6 Å². The molecule has 0 bridgehead atoms. The summed E-state index contributed by atoms with van der Waals surface area (Å²) in [5.74, 6) is -0.772. The van der Waals surface area contributed by atoms with Crippen LogP contribution in [0.2, 0.25) is 0 Å². The average Bonchev–Trinajstić information content (AvgIpc) is 3.38. The van der Waals surface area contributed by atoms with Crippen LogP contribution in [-0.4, -0.2) is 37.6 Å². The standard InChI is InChI=1S/C21H20F2N6O/c22-15-4-2-14(3-5-15)21-17(18-12-16(23)6-8-19(18)26-21)7-9-20(30)24-10-1-11-29-13-25-27-28-29/h2-6,8,12-13,26H,1,7,9-11H2,(H,24,30). The van der Waals surface area contributed by atoms with Crippen LogP contribution in [0, 0.1) is 11.6 Å². The molecule has 2 heterocycles. The van der Waals surface area contributed by atoms with E-state index in [1.807, 2.05) is 0 Å². The Bertz CT molecular complexity index is 1140. The van der Waals surface area contributed by atoms with Gasteiger partial charge in [0, 0.05) is 36.1 Å². The maximum absolute atomic E-state index is 13.8. The number of aromatic nitrogens is 5. The van der Waals surface area contributed by atoms with Gasteiger partial charge in [-0.05, 0) is 76.9 Å². The molecule has 0 radical (unpaired) electrons. The Hall–Kier alpha value is -3.62. The number of tetrazole rings is 1. The van der Waals surface area contributed by atoms with Gasteiger partial charge in [-0.25, -0.2) is 13.5 Å². The summed E-state index contributed by atoms with van der Waals surface area (Å²) in [7, 11) is 0. The van der Waals surface area contributed by atoms with Crippen molar-refractivity contribution in [3.63, 3.8) is 0 Å². The summed E-state index contributed by atoms with van der Waals surface area (Å²) in [5.41, 5.74) is 3.15. The van der Waals surface area contributed by atoms with Crippen molar-refractivity contribution in [3.8, 4) is 11.3 Å². The fourth-order valence-electron chi connectivity index (χ4n) is 3.42. The fourth-order valence-corrected chi connectivity index (χ4v) is 3.42. The van der Waals surface area contributed by atoms with E-state index in [-0.39, 0.29) is 24.0 Å². The summed E-state index contributed by atoms with van der Waals surface area (Å²) in [6.45, 7) is 1.12. The van der Waals surface area contributed by atoms with E-state index in [0.29, 0.717) is 25.9 Å². The molecule has 2 N–H and O–H groups in total. The number of carbonyl (C=O) groups excluding carboxylic acids is 1. The third-order valence-electron chi connectivity index (χ3n) is 4.88. The Balaban J connectivity index is 1.45. The molecular weight excluding hydrogens is 390 g/mol. The van der Waals surface area contributed by atoms with E-state index in [2.05, 4.69) is 25.8 Å². The minimum Gasteiger partial charge on any atom is -0.356 e. The second-order valence-electron chi connectivity index (χ2n) is 6.95. The summed E-state index contributed by atoms with van der Waals surface area (Å²) in [6.07, 6.45) is 2.91. The number of nitrogens with one attached hydrogen (secondary N) is 2. The second kappa shape index (κ2) is 8.81. The van der Waals surface area contributed by atoms with E-state index in [1.54, 1.807) is 22.9 Å². The smallest absolute Gasteiger partial charge is 0.220 e. The zero-order valence-electron chi connectivity index (χ0n) is 16.1. The van der Waals surface area contributed by atoms with Crippen LogP contribution < -0.4 is 5.32 Å². The number of carbonyl (C=O) groups is 1. The van der Waals surface area contributed by atoms with Crippen LogP contribution in [0.1, 0.15) is 18.4 Å². The van der Waals surface area contributed by atoms with Crippen molar-refractivity contribution in [3.05, 3.63) is 66.0 Å². The molecule has 2 aromatic heterocycles. The van der Waals surface area contributed by atoms with Crippen molar-refractivity contribution in [2.75, 3.05) is 6.54 Å². The van der Waals surface area contributed by atoms with Crippen LogP contribution in [0.5, 0.6) is 0 Å². The Labute approximate surface area is 171 Å². The predicted octanol–water partition coefficient (Wildman–Crippen LogP) is 3.24. The van der Waals surface area contributed by atoms with Gasteiger partial charge in [0.05, 0.1) is 0 Å². The highest BCUT2D eigenvalue weighted by Gasteiger charge is 2.15. The maximum Gasteiger partial charge on any atom is 0.220 e. The van der Waals surface area contributed by atoms with Crippen LogP contribution in [0.15, 0.2) is 48.8 Å². The van der Waals surface area contributed by atoms with Crippen molar-refractivity contribution in [2.24, 2.45) is 0 Å². The number of hydrogen-bond acceptors (Lipinski definition) is 4. The largest absolute Gasteiger partial charge is 0.356 e. The first-order valence-electron chi connectivity index (χ1n) is 9.63. The number of aromatic amines is 1. The molecule has 0 aliphatic heterocycles. The molecule has 0 saturated carbocycles. The lowest BCUT2D eigenvalue weighted by Gasteiger charge is -2.07. The first-order chi connectivity index (χ1) is 14.6. The summed E-state index contributed by atoms with van der Waals surface area (Å²) in [6, 6.07) is 10.6. The van der Waals surface area contributed by atoms with Gasteiger partial charge < -0.3 is 10.3 Å². The van der Waals surface area contributed by atoms with Gasteiger partial charge in [0.2, 0.25) is 5.91 Å². The lowest BCUT2D eigenvalue weighted by molar-refractivity contribution is -0.121. The minimum absolute atomic E-state index is 0.0949. The van der Waals surface area contributed by atoms with Gasteiger partial charge in [0.15, 0.2) is 0 Å². The first kappa shape index (κ1) is 19.7. The molecule has 4 rings (SSSR count). The number of halogens is 2. The summed E-state index contributed by atoms with van der Waals surface area (Å²) in [4.78, 5) is 15.6. The summed E-state index contributed by atoms with van der Waals surface area (Å²) < 4.78 is 28.8. The van der Waals surface area contributed by atoms with Gasteiger partial charge in [0.1, 0.15) is 18.0 Å². The molecule has 154 valence electrons. The van der Waals surface area contributed by atoms with Gasteiger partial charge in [-0.15, -0.1) is 5.10 Å². The van der Waals surface area contributed by atoms with Gasteiger partial charge >= 0.3 is 0 Å². The molecule has 0 spiro atoms. The van der Waals surface area contributed by atoms with Crippen LogP contribution >= 0.6 is 0 Å². The quantitative estimate of drug-likeness (QED) is 0.437. The Morgan fingerprint density at radius 2 is 1.90 bits per heavy atom. The Kier molecular flexibility index (Phi) is 5.78. The van der Waals surface area contributed by atoms with Crippen molar-refractivity contribution in [1.82, 2.24) is 30.5 Å². The van der Waals surface area contributed by atoms with Crippen LogP contribution in [-0.2, 0) is 17.8 Å². The molecule has 1 amide bonds. The number of H-pyrrole nitrogens is 1. The third kappa shape index (κ3) is 4.51. The van der Waals surface area contributed by atoms with Crippen molar-refractivity contribution in [2.45, 2.75) is 25.8 Å². The molecule has 9 heteroatoms. The summed E-state index contributed by atoms with van der Waals surface area (Å²) >= 11 is 0. The van der Waals surface area contributed by atoms with E-state index < -0.39 is 0 Å². The highest BCUT2D eigenvalue weighted by atomic mass is 19.1. The lowest BCUT2D eigenvalue weighted by atomic mass is 10.0. The number of benzene rings is 2. The topological polar surface area (TPSA) is 88.5 Å². The number of fused-ring (bicyclic) bond motifs is 1. The molecule has 0 aliphatic rings. The Morgan fingerprint density at radius 3 is 2.67 bits per heavy atom. The van der Waals surface area contributed by atoms with Crippen LogP contribution in [0.4, 0.5) is 8.78 Å². The maximum atomic E-state index is 13.8. The number of nitrogens with zero attached hydrogens (tertiary/aromatic N) is 4. The van der Waals surface area contributed by atoms with Gasteiger partial charge in [-0.2, -0.15) is 0 Å². The van der Waals surface area contributed by atoms with E-state index in [0.717, 1.165) is 27.7 Å². The zero-order valence-corrected chi connectivity index (χ0v) is 16.1. The van der Waals surface area contributed by atoms with E-state index in [9.17, 15) is 13.6 Å². The van der Waals surface area contributed by atoms with Crippen LogP contribution in [0.3, 0.4) is 0 Å². The zero-order chi connectivity index (χ0) is 20.9. The second-order valence-corrected chi connectivity index (χ2v) is 6.95.